The summed E-state index contributed by atoms with van der Waals surface area (Å²) in [7, 11) is 0. The molecule has 0 unspecified atom stereocenters. The van der Waals surface area contributed by atoms with Crippen LogP contribution in [0.1, 0.15) is 40.0 Å². The number of carbonyl (C=O) groups excluding carboxylic acids is 1. The number of hydrogen-bond donors (Lipinski definition) is 1. The summed E-state index contributed by atoms with van der Waals surface area (Å²) >= 11 is 0. The van der Waals surface area contributed by atoms with Crippen LogP contribution in [0.2, 0.25) is 0 Å². The number of ketones is 1. The fraction of sp³-hybridized carbons (Fsp3) is 0.714. The third kappa shape index (κ3) is 3.17. The van der Waals surface area contributed by atoms with Crippen molar-refractivity contribution in [3.8, 4) is 6.07 Å². The lowest BCUT2D eigenvalue weighted by molar-refractivity contribution is -0.126. The normalized spacial score (nSPS) is 23.1. The average Bonchev–Trinajstić information content (AvgIpc) is 2.30. The number of rotatable bonds is 5. The zero-order valence-corrected chi connectivity index (χ0v) is 11.0. The number of hydrogen-bond acceptors (Lipinski definition) is 3. The van der Waals surface area contributed by atoms with Crippen LogP contribution in [-0.4, -0.2) is 18.9 Å². The van der Waals surface area contributed by atoms with Gasteiger partial charge in [-0.2, -0.15) is 5.26 Å². The van der Waals surface area contributed by atoms with Crippen molar-refractivity contribution >= 4 is 5.78 Å². The van der Waals surface area contributed by atoms with E-state index in [0.717, 1.165) is 32.4 Å². The van der Waals surface area contributed by atoms with Crippen molar-refractivity contribution in [2.24, 2.45) is 11.3 Å². The van der Waals surface area contributed by atoms with Crippen molar-refractivity contribution in [1.82, 2.24) is 5.32 Å². The van der Waals surface area contributed by atoms with Gasteiger partial charge in [0, 0.05) is 5.41 Å². The summed E-state index contributed by atoms with van der Waals surface area (Å²) in [5, 5.41) is 12.2. The summed E-state index contributed by atoms with van der Waals surface area (Å²) in [6.45, 7) is 8.04. The maximum absolute atomic E-state index is 12.1. The van der Waals surface area contributed by atoms with Gasteiger partial charge in [-0.05, 0) is 38.3 Å². The molecule has 1 aliphatic carbocycles. The Kier molecular flexibility index (Phi) is 4.89. The molecule has 0 saturated heterocycles. The molecule has 1 atom stereocenters. The summed E-state index contributed by atoms with van der Waals surface area (Å²) in [5.41, 5.74) is -0.0546. The van der Waals surface area contributed by atoms with Crippen molar-refractivity contribution in [3.63, 3.8) is 0 Å². The Morgan fingerprint density at radius 2 is 2.24 bits per heavy atom. The minimum Gasteiger partial charge on any atom is -0.317 e. The first-order valence-electron chi connectivity index (χ1n) is 6.39. The van der Waals surface area contributed by atoms with Gasteiger partial charge in [-0.25, -0.2) is 0 Å². The smallest absolute Gasteiger partial charge is 0.178 e. The molecule has 1 aliphatic rings. The van der Waals surface area contributed by atoms with Crippen molar-refractivity contribution in [2.75, 3.05) is 13.1 Å². The molecule has 17 heavy (non-hydrogen) atoms. The highest BCUT2D eigenvalue weighted by molar-refractivity contribution is 6.03. The van der Waals surface area contributed by atoms with Crippen LogP contribution in [0.3, 0.4) is 0 Å². The molecule has 0 bridgehead atoms. The SMILES string of the molecule is CCCNCC[C@@H]1CC=C(C#N)C(=O)C1(C)C. The largest absolute Gasteiger partial charge is 0.317 e. The topological polar surface area (TPSA) is 52.9 Å². The molecule has 0 fully saturated rings. The summed E-state index contributed by atoms with van der Waals surface area (Å²) in [6, 6.07) is 2.00. The van der Waals surface area contributed by atoms with Crippen molar-refractivity contribution in [1.29, 1.82) is 5.26 Å². The van der Waals surface area contributed by atoms with Gasteiger partial charge in [0.2, 0.25) is 0 Å². The Balaban J connectivity index is 2.60. The number of Topliss-reactive ketones (excluding diaryl/α,β-unsaturated/α-hetero) is 1. The molecule has 0 aromatic heterocycles. The van der Waals surface area contributed by atoms with Gasteiger partial charge in [0.1, 0.15) is 6.07 Å². The fourth-order valence-corrected chi connectivity index (χ4v) is 2.33. The summed E-state index contributed by atoms with van der Waals surface area (Å²) in [4.78, 5) is 12.1. The van der Waals surface area contributed by atoms with E-state index in [1.165, 1.54) is 0 Å². The van der Waals surface area contributed by atoms with Gasteiger partial charge in [0.15, 0.2) is 5.78 Å². The van der Waals surface area contributed by atoms with Crippen LogP contribution in [0.25, 0.3) is 0 Å². The number of nitrogens with zero attached hydrogens (tertiary/aromatic N) is 1. The number of carbonyl (C=O) groups is 1. The van der Waals surface area contributed by atoms with E-state index in [4.69, 9.17) is 5.26 Å². The Morgan fingerprint density at radius 3 is 2.82 bits per heavy atom. The summed E-state index contributed by atoms with van der Waals surface area (Å²) in [6.07, 6.45) is 4.77. The zero-order chi connectivity index (χ0) is 12.9. The molecule has 1 rings (SSSR count). The average molecular weight is 234 g/mol. The molecule has 3 heteroatoms. The van der Waals surface area contributed by atoms with Gasteiger partial charge in [-0.3, -0.25) is 4.79 Å². The Bertz CT molecular complexity index is 350. The van der Waals surface area contributed by atoms with Gasteiger partial charge < -0.3 is 5.32 Å². The molecule has 0 spiro atoms. The second-order valence-corrected chi connectivity index (χ2v) is 5.25. The van der Waals surface area contributed by atoms with E-state index < -0.39 is 5.41 Å². The maximum Gasteiger partial charge on any atom is 0.178 e. The molecule has 94 valence electrons. The Labute approximate surface area is 104 Å². The lowest BCUT2D eigenvalue weighted by Crippen LogP contribution is -2.38. The van der Waals surface area contributed by atoms with Crippen LogP contribution < -0.4 is 5.32 Å². The number of allylic oxidation sites excluding steroid dienone is 2. The van der Waals surface area contributed by atoms with Gasteiger partial charge >= 0.3 is 0 Å². The quantitative estimate of drug-likeness (QED) is 0.743. The molecular formula is C14H22N2O. The highest BCUT2D eigenvalue weighted by Crippen LogP contribution is 2.39. The predicted octanol–water partition coefficient (Wildman–Crippen LogP) is 2.44. The van der Waals surface area contributed by atoms with E-state index in [-0.39, 0.29) is 5.78 Å². The maximum atomic E-state index is 12.1. The summed E-state index contributed by atoms with van der Waals surface area (Å²) < 4.78 is 0. The lowest BCUT2D eigenvalue weighted by Gasteiger charge is -2.35. The van der Waals surface area contributed by atoms with Gasteiger partial charge in [-0.15, -0.1) is 0 Å². The zero-order valence-electron chi connectivity index (χ0n) is 11.0. The van der Waals surface area contributed by atoms with Crippen LogP contribution in [0, 0.1) is 22.7 Å². The molecule has 0 heterocycles. The van der Waals surface area contributed by atoms with E-state index in [2.05, 4.69) is 12.2 Å². The van der Waals surface area contributed by atoms with Crippen LogP contribution in [0.4, 0.5) is 0 Å². The summed E-state index contributed by atoms with van der Waals surface area (Å²) in [5.74, 6) is 0.350. The minimum absolute atomic E-state index is 0.00624. The van der Waals surface area contributed by atoms with E-state index >= 15 is 0 Å². The fourth-order valence-electron chi connectivity index (χ4n) is 2.33. The first kappa shape index (κ1) is 13.9. The van der Waals surface area contributed by atoms with Crippen molar-refractivity contribution in [2.45, 2.75) is 40.0 Å². The molecule has 3 nitrogen and oxygen atoms in total. The first-order valence-corrected chi connectivity index (χ1v) is 6.39. The van der Waals surface area contributed by atoms with E-state index in [9.17, 15) is 4.79 Å². The van der Waals surface area contributed by atoms with Gasteiger partial charge in [0.05, 0.1) is 5.57 Å². The van der Waals surface area contributed by atoms with Gasteiger partial charge in [-0.1, -0.05) is 26.8 Å². The highest BCUT2D eigenvalue weighted by Gasteiger charge is 2.40. The third-order valence-corrected chi connectivity index (χ3v) is 3.67. The van der Waals surface area contributed by atoms with Crippen molar-refractivity contribution in [3.05, 3.63) is 11.6 Å². The monoisotopic (exact) mass is 234 g/mol. The van der Waals surface area contributed by atoms with Crippen LogP contribution in [0.5, 0.6) is 0 Å². The second kappa shape index (κ2) is 5.97. The molecule has 1 N–H and O–H groups in total. The van der Waals surface area contributed by atoms with E-state index in [0.29, 0.717) is 11.5 Å². The molecule has 0 aromatic rings. The first-order chi connectivity index (χ1) is 8.04. The molecule has 0 aromatic carbocycles. The molecule has 0 amide bonds. The van der Waals surface area contributed by atoms with E-state index in [1.54, 1.807) is 6.08 Å². The number of nitrogens with one attached hydrogen (secondary N) is 1. The molecular weight excluding hydrogens is 212 g/mol. The van der Waals surface area contributed by atoms with Crippen LogP contribution in [0.15, 0.2) is 11.6 Å². The lowest BCUT2D eigenvalue weighted by atomic mass is 9.67. The highest BCUT2D eigenvalue weighted by atomic mass is 16.1. The van der Waals surface area contributed by atoms with Crippen LogP contribution in [-0.2, 0) is 4.79 Å². The predicted molar refractivity (Wildman–Crippen MR) is 68.4 cm³/mol. The van der Waals surface area contributed by atoms with Gasteiger partial charge in [0.25, 0.3) is 0 Å². The third-order valence-electron chi connectivity index (χ3n) is 3.67. The number of nitriles is 1. The van der Waals surface area contributed by atoms with Crippen LogP contribution >= 0.6 is 0 Å². The minimum atomic E-state index is -0.395. The van der Waals surface area contributed by atoms with E-state index in [1.807, 2.05) is 19.9 Å². The Hall–Kier alpha value is -1.14. The molecule has 0 radical (unpaired) electrons. The second-order valence-electron chi connectivity index (χ2n) is 5.25. The van der Waals surface area contributed by atoms with Crippen molar-refractivity contribution < 1.29 is 4.79 Å². The Morgan fingerprint density at radius 1 is 1.53 bits per heavy atom. The standard InChI is InChI=1S/C14H22N2O/c1-4-8-16-9-7-12-6-5-11(10-15)13(17)14(12,2)3/h5,12,16H,4,6-9H2,1-3H3/t12-/m0/s1. The molecule has 0 saturated carbocycles. The molecule has 0 aliphatic heterocycles.